The molecule has 6 heteroatoms. The quantitative estimate of drug-likeness (QED) is 0.880. The Kier molecular flexibility index (Phi) is 4.07. The lowest BCUT2D eigenvalue weighted by Gasteiger charge is -2.19. The molecule has 1 heterocycles. The first-order valence-electron chi connectivity index (χ1n) is 6.42. The number of aliphatic carboxylic acids is 1. The van der Waals surface area contributed by atoms with Crippen LogP contribution in [0.2, 0.25) is 0 Å². The zero-order chi connectivity index (χ0) is 15.5. The summed E-state index contributed by atoms with van der Waals surface area (Å²) in [5.41, 5.74) is 0.859. The number of aromatic nitrogens is 1. The van der Waals surface area contributed by atoms with Crippen molar-refractivity contribution in [1.29, 1.82) is 0 Å². The molecule has 0 aliphatic heterocycles. The fraction of sp³-hybridized carbons (Fsp3) is 0.267. The van der Waals surface area contributed by atoms with Gasteiger partial charge in [0.1, 0.15) is 6.26 Å². The number of hydrogen-bond donors (Lipinski definition) is 2. The molecule has 0 atom stereocenters. The van der Waals surface area contributed by atoms with Crippen molar-refractivity contribution in [3.63, 3.8) is 0 Å². The Morgan fingerprint density at radius 3 is 2.43 bits per heavy atom. The van der Waals surface area contributed by atoms with E-state index in [1.165, 1.54) is 6.26 Å². The zero-order valence-corrected chi connectivity index (χ0v) is 11.8. The van der Waals surface area contributed by atoms with Crippen molar-refractivity contribution in [2.75, 3.05) is 5.32 Å². The van der Waals surface area contributed by atoms with E-state index in [-0.39, 0.29) is 12.3 Å². The van der Waals surface area contributed by atoms with Gasteiger partial charge in [0.05, 0.1) is 17.5 Å². The smallest absolute Gasteiger partial charge is 0.313 e. The summed E-state index contributed by atoms with van der Waals surface area (Å²) in [6, 6.07) is 8.37. The van der Waals surface area contributed by atoms with Crippen molar-refractivity contribution in [2.45, 2.75) is 25.7 Å². The molecule has 1 amide bonds. The minimum atomic E-state index is -0.969. The Morgan fingerprint density at radius 1 is 1.24 bits per heavy atom. The van der Waals surface area contributed by atoms with E-state index in [9.17, 15) is 9.59 Å². The molecule has 0 unspecified atom stereocenters. The van der Waals surface area contributed by atoms with E-state index in [0.717, 1.165) is 0 Å². The summed E-state index contributed by atoms with van der Waals surface area (Å²) in [5.74, 6) is -1.11. The average molecular weight is 288 g/mol. The maximum atomic E-state index is 11.8. The van der Waals surface area contributed by atoms with Crippen molar-refractivity contribution in [1.82, 2.24) is 5.16 Å². The average Bonchev–Trinajstić information content (AvgIpc) is 2.91. The summed E-state index contributed by atoms with van der Waals surface area (Å²) in [7, 11) is 0. The lowest BCUT2D eigenvalue weighted by Crippen LogP contribution is -2.28. The Bertz CT molecular complexity index is 630. The topological polar surface area (TPSA) is 92.4 Å². The summed E-state index contributed by atoms with van der Waals surface area (Å²) >= 11 is 0. The second kappa shape index (κ2) is 5.78. The van der Waals surface area contributed by atoms with Gasteiger partial charge in [-0.15, -0.1) is 0 Å². The Labute approximate surface area is 121 Å². The molecule has 0 aliphatic rings. The molecule has 0 saturated carbocycles. The van der Waals surface area contributed by atoms with E-state index in [2.05, 4.69) is 15.0 Å². The number of benzene rings is 1. The summed E-state index contributed by atoms with van der Waals surface area (Å²) in [5, 5.41) is 15.6. The molecular weight excluding hydrogens is 272 g/mol. The monoisotopic (exact) mass is 288 g/mol. The van der Waals surface area contributed by atoms with Gasteiger partial charge < -0.3 is 14.9 Å². The molecule has 2 rings (SSSR count). The van der Waals surface area contributed by atoms with Gasteiger partial charge in [-0.05, 0) is 31.5 Å². The van der Waals surface area contributed by atoms with Crippen LogP contribution in [-0.2, 0) is 21.4 Å². The number of carbonyl (C=O) groups is 2. The van der Waals surface area contributed by atoms with Gasteiger partial charge in [0.15, 0.2) is 0 Å². The van der Waals surface area contributed by atoms with Crippen LogP contribution in [0.5, 0.6) is 0 Å². The first-order chi connectivity index (χ1) is 9.89. The van der Waals surface area contributed by atoms with Gasteiger partial charge in [-0.2, -0.15) is 0 Å². The zero-order valence-electron chi connectivity index (χ0n) is 11.8. The predicted octanol–water partition coefficient (Wildman–Crippen LogP) is 2.22. The lowest BCUT2D eigenvalue weighted by atomic mass is 9.85. The highest BCUT2D eigenvalue weighted by Crippen LogP contribution is 2.24. The summed E-state index contributed by atoms with van der Waals surface area (Å²) in [4.78, 5) is 23.0. The molecule has 1 aromatic carbocycles. The summed E-state index contributed by atoms with van der Waals surface area (Å²) in [6.07, 6.45) is 1.53. The van der Waals surface area contributed by atoms with E-state index in [4.69, 9.17) is 5.11 Å². The molecule has 110 valence electrons. The normalized spacial score (nSPS) is 11.1. The summed E-state index contributed by atoms with van der Waals surface area (Å²) in [6.45, 7) is 3.26. The Hall–Kier alpha value is -2.63. The molecule has 1 aromatic heterocycles. The fourth-order valence-electron chi connectivity index (χ4n) is 1.79. The number of amides is 1. The Balaban J connectivity index is 2.02. The van der Waals surface area contributed by atoms with E-state index in [1.807, 2.05) is 0 Å². The highest BCUT2D eigenvalue weighted by molar-refractivity contribution is 5.92. The van der Waals surface area contributed by atoms with Crippen LogP contribution in [0, 0.1) is 0 Å². The molecule has 0 bridgehead atoms. The van der Waals surface area contributed by atoms with E-state index in [1.54, 1.807) is 44.2 Å². The number of carboxylic acid groups (broad SMARTS) is 1. The Morgan fingerprint density at radius 2 is 1.90 bits per heavy atom. The van der Waals surface area contributed by atoms with E-state index in [0.29, 0.717) is 16.9 Å². The SMILES string of the molecule is CC(C)(C(=O)O)c1ccc(NC(=O)Cc2ccon2)cc1. The van der Waals surface area contributed by atoms with Crippen LogP contribution in [0.1, 0.15) is 25.1 Å². The third-order valence-corrected chi connectivity index (χ3v) is 3.26. The first kappa shape index (κ1) is 14.8. The van der Waals surface area contributed by atoms with Crippen molar-refractivity contribution in [2.24, 2.45) is 0 Å². The largest absolute Gasteiger partial charge is 0.481 e. The number of nitrogens with zero attached hydrogens (tertiary/aromatic N) is 1. The van der Waals surface area contributed by atoms with Gasteiger partial charge >= 0.3 is 5.97 Å². The first-order valence-corrected chi connectivity index (χ1v) is 6.42. The maximum absolute atomic E-state index is 11.8. The van der Waals surface area contributed by atoms with E-state index < -0.39 is 11.4 Å². The van der Waals surface area contributed by atoms with Crippen LogP contribution in [0.15, 0.2) is 41.1 Å². The molecule has 21 heavy (non-hydrogen) atoms. The second-order valence-corrected chi connectivity index (χ2v) is 5.22. The van der Waals surface area contributed by atoms with Gasteiger partial charge in [0.2, 0.25) is 5.91 Å². The van der Waals surface area contributed by atoms with Crippen LogP contribution in [-0.4, -0.2) is 22.1 Å². The van der Waals surface area contributed by atoms with Gasteiger partial charge in [0.25, 0.3) is 0 Å². The third kappa shape index (κ3) is 3.47. The molecule has 2 aromatic rings. The minimum Gasteiger partial charge on any atom is -0.481 e. The fourth-order valence-corrected chi connectivity index (χ4v) is 1.79. The number of carboxylic acids is 1. The third-order valence-electron chi connectivity index (χ3n) is 3.26. The van der Waals surface area contributed by atoms with Crippen LogP contribution in [0.25, 0.3) is 0 Å². The molecule has 0 aliphatic carbocycles. The van der Waals surface area contributed by atoms with Crippen LogP contribution < -0.4 is 5.32 Å². The number of anilines is 1. The minimum absolute atomic E-state index is 0.124. The molecule has 0 fully saturated rings. The van der Waals surface area contributed by atoms with Gasteiger partial charge in [-0.3, -0.25) is 9.59 Å². The molecule has 2 N–H and O–H groups in total. The molecule has 0 radical (unpaired) electrons. The predicted molar refractivity (Wildman–Crippen MR) is 75.9 cm³/mol. The number of rotatable bonds is 5. The lowest BCUT2D eigenvalue weighted by molar-refractivity contribution is -0.142. The van der Waals surface area contributed by atoms with Crippen molar-refractivity contribution in [3.8, 4) is 0 Å². The maximum Gasteiger partial charge on any atom is 0.313 e. The standard InChI is InChI=1S/C15H16N2O4/c1-15(2,14(19)20)10-3-5-11(6-4-10)16-13(18)9-12-7-8-21-17-12/h3-8H,9H2,1-2H3,(H,16,18)(H,19,20). The van der Waals surface area contributed by atoms with E-state index >= 15 is 0 Å². The van der Waals surface area contributed by atoms with Crippen molar-refractivity contribution >= 4 is 17.6 Å². The number of carbonyl (C=O) groups excluding carboxylic acids is 1. The van der Waals surface area contributed by atoms with Gasteiger partial charge in [-0.1, -0.05) is 17.3 Å². The van der Waals surface area contributed by atoms with Gasteiger partial charge in [0, 0.05) is 11.8 Å². The highest BCUT2D eigenvalue weighted by Gasteiger charge is 2.29. The highest BCUT2D eigenvalue weighted by atomic mass is 16.5. The summed E-state index contributed by atoms with van der Waals surface area (Å²) < 4.78 is 4.66. The van der Waals surface area contributed by atoms with Crippen LogP contribution >= 0.6 is 0 Å². The van der Waals surface area contributed by atoms with Crippen LogP contribution in [0.3, 0.4) is 0 Å². The number of nitrogens with one attached hydrogen (secondary N) is 1. The van der Waals surface area contributed by atoms with Crippen molar-refractivity contribution < 1.29 is 19.2 Å². The number of hydrogen-bond acceptors (Lipinski definition) is 4. The molecule has 0 spiro atoms. The van der Waals surface area contributed by atoms with Gasteiger partial charge in [-0.25, -0.2) is 0 Å². The molecular formula is C15H16N2O4. The van der Waals surface area contributed by atoms with Crippen LogP contribution in [0.4, 0.5) is 5.69 Å². The molecule has 0 saturated heterocycles. The molecule has 6 nitrogen and oxygen atoms in total. The van der Waals surface area contributed by atoms with Crippen molar-refractivity contribution in [3.05, 3.63) is 47.9 Å². The second-order valence-electron chi connectivity index (χ2n) is 5.22.